The van der Waals surface area contributed by atoms with Crippen molar-refractivity contribution in [2.75, 3.05) is 11.9 Å². The molecule has 31 heavy (non-hydrogen) atoms. The molecule has 0 spiro atoms. The SMILES string of the molecule is CC1(C)c2sc(=O)[nH]c2S[C@H]2C(=O)N(CC(=O)Nc3ccc(S(N)(=O)=O)cc3)C(=O)[C@@H]21. The van der Waals surface area contributed by atoms with Crippen LogP contribution in [-0.2, 0) is 29.8 Å². The van der Waals surface area contributed by atoms with Gasteiger partial charge in [0.1, 0.15) is 11.8 Å². The first-order valence-electron chi connectivity index (χ1n) is 9.08. The van der Waals surface area contributed by atoms with Gasteiger partial charge in [-0.25, -0.2) is 13.6 Å². The third kappa shape index (κ3) is 3.71. The number of nitrogens with two attached hydrogens (primary N) is 1. The number of primary sulfonamides is 1. The maximum absolute atomic E-state index is 13.1. The first-order chi connectivity index (χ1) is 14.4. The number of H-pyrrole nitrogens is 1. The molecule has 0 unspecified atom stereocenters. The quantitative estimate of drug-likeness (QED) is 0.534. The summed E-state index contributed by atoms with van der Waals surface area (Å²) < 4.78 is 22.6. The monoisotopic (exact) mass is 482 g/mol. The van der Waals surface area contributed by atoms with Crippen LogP contribution >= 0.6 is 23.1 Å². The number of imide groups is 1. The van der Waals surface area contributed by atoms with E-state index in [1.54, 1.807) is 0 Å². The summed E-state index contributed by atoms with van der Waals surface area (Å²) >= 11 is 2.17. The van der Waals surface area contributed by atoms with Crippen LogP contribution in [0.3, 0.4) is 0 Å². The number of nitrogens with zero attached hydrogens (tertiary/aromatic N) is 1. The van der Waals surface area contributed by atoms with Crippen molar-refractivity contribution in [1.82, 2.24) is 9.88 Å². The normalized spacial score (nSPS) is 22.2. The smallest absolute Gasteiger partial charge is 0.305 e. The highest BCUT2D eigenvalue weighted by Crippen LogP contribution is 2.52. The number of aromatic amines is 1. The highest BCUT2D eigenvalue weighted by atomic mass is 32.2. The Bertz CT molecular complexity index is 1260. The molecular weight excluding hydrogens is 464 g/mol. The van der Waals surface area contributed by atoms with Gasteiger partial charge in [-0.05, 0) is 24.3 Å². The molecule has 1 aromatic carbocycles. The lowest BCUT2D eigenvalue weighted by atomic mass is 9.76. The van der Waals surface area contributed by atoms with Crippen molar-refractivity contribution < 1.29 is 22.8 Å². The molecule has 164 valence electrons. The van der Waals surface area contributed by atoms with Crippen molar-refractivity contribution >= 4 is 56.5 Å². The first-order valence-corrected chi connectivity index (χ1v) is 12.3. The zero-order chi connectivity index (χ0) is 22.7. The number of hydrogen-bond donors (Lipinski definition) is 3. The lowest BCUT2D eigenvalue weighted by Gasteiger charge is -2.36. The van der Waals surface area contributed by atoms with Crippen LogP contribution in [0.1, 0.15) is 18.7 Å². The van der Waals surface area contributed by atoms with Gasteiger partial charge in [0.2, 0.25) is 27.7 Å². The first kappa shape index (κ1) is 21.7. The maximum atomic E-state index is 13.1. The van der Waals surface area contributed by atoms with Gasteiger partial charge in [0.25, 0.3) is 0 Å². The molecule has 13 heteroatoms. The summed E-state index contributed by atoms with van der Waals surface area (Å²) in [5.74, 6) is -2.23. The van der Waals surface area contributed by atoms with Crippen LogP contribution in [0.5, 0.6) is 0 Å². The number of likely N-dealkylation sites (tertiary alicyclic amines) is 1. The number of hydrogen-bond acceptors (Lipinski definition) is 8. The summed E-state index contributed by atoms with van der Waals surface area (Å²) in [6.07, 6.45) is 0. The molecule has 10 nitrogen and oxygen atoms in total. The molecular formula is C18H18N4O6S3. The minimum absolute atomic E-state index is 0.107. The molecule has 0 radical (unpaired) electrons. The molecule has 4 N–H and O–H groups in total. The number of carbonyl (C=O) groups is 3. The zero-order valence-electron chi connectivity index (χ0n) is 16.4. The zero-order valence-corrected chi connectivity index (χ0v) is 18.8. The van der Waals surface area contributed by atoms with E-state index in [1.165, 1.54) is 24.3 Å². The summed E-state index contributed by atoms with van der Waals surface area (Å²) in [5, 5.41) is 7.45. The Hall–Kier alpha value is -2.48. The van der Waals surface area contributed by atoms with Gasteiger partial charge >= 0.3 is 4.87 Å². The molecule has 0 aliphatic carbocycles. The number of carbonyl (C=O) groups excluding carboxylic acids is 3. The predicted octanol–water partition coefficient (Wildman–Crippen LogP) is 0.459. The van der Waals surface area contributed by atoms with E-state index in [0.29, 0.717) is 10.7 Å². The molecule has 1 fully saturated rings. The van der Waals surface area contributed by atoms with Gasteiger partial charge in [0.15, 0.2) is 0 Å². The standard InChI is InChI=1S/C18H18N4O6S3/c1-18(2)11-12(29-14-13(18)30-17(26)21-14)16(25)22(15(11)24)7-10(23)20-8-3-5-9(6-4-8)31(19,27)28/h3-6,11-12H,7H2,1-2H3,(H,20,23)(H,21,26)(H2,19,27,28)/t11-,12-/m1/s1. The van der Waals surface area contributed by atoms with E-state index in [9.17, 15) is 27.6 Å². The number of amides is 3. The molecule has 3 heterocycles. The fourth-order valence-corrected chi connectivity index (χ4v) is 7.14. The molecule has 2 aliphatic rings. The molecule has 1 saturated heterocycles. The van der Waals surface area contributed by atoms with E-state index in [2.05, 4.69) is 10.3 Å². The molecule has 0 bridgehead atoms. The number of aromatic nitrogens is 1. The van der Waals surface area contributed by atoms with Crippen molar-refractivity contribution in [3.8, 4) is 0 Å². The fraction of sp³-hybridized carbons (Fsp3) is 0.333. The van der Waals surface area contributed by atoms with Crippen molar-refractivity contribution in [3.63, 3.8) is 0 Å². The van der Waals surface area contributed by atoms with Crippen molar-refractivity contribution in [2.45, 2.75) is 34.4 Å². The van der Waals surface area contributed by atoms with Crippen LogP contribution < -0.4 is 15.3 Å². The van der Waals surface area contributed by atoms with Crippen LogP contribution in [0, 0.1) is 5.92 Å². The second-order valence-electron chi connectivity index (χ2n) is 7.79. The van der Waals surface area contributed by atoms with Crippen molar-refractivity contribution in [1.29, 1.82) is 0 Å². The van der Waals surface area contributed by atoms with Gasteiger partial charge in [-0.1, -0.05) is 36.9 Å². The van der Waals surface area contributed by atoms with Gasteiger partial charge in [0, 0.05) is 16.0 Å². The number of anilines is 1. The molecule has 2 atom stereocenters. The van der Waals surface area contributed by atoms with Gasteiger partial charge in [0.05, 0.1) is 15.8 Å². The number of fused-ring (bicyclic) bond motifs is 2. The molecule has 2 aliphatic heterocycles. The minimum Gasteiger partial charge on any atom is -0.325 e. The van der Waals surface area contributed by atoms with E-state index < -0.39 is 50.9 Å². The molecule has 3 amide bonds. The minimum atomic E-state index is -3.86. The van der Waals surface area contributed by atoms with E-state index in [4.69, 9.17) is 5.14 Å². The van der Waals surface area contributed by atoms with Gasteiger partial charge in [-0.15, -0.1) is 0 Å². The number of sulfonamides is 1. The Labute approximate surface area is 185 Å². The number of benzene rings is 1. The van der Waals surface area contributed by atoms with Gasteiger partial charge in [-0.3, -0.25) is 24.1 Å². The van der Waals surface area contributed by atoms with Crippen molar-refractivity contribution in [2.24, 2.45) is 11.1 Å². The van der Waals surface area contributed by atoms with E-state index >= 15 is 0 Å². The Morgan fingerprint density at radius 1 is 1.19 bits per heavy atom. The van der Waals surface area contributed by atoms with E-state index in [-0.39, 0.29) is 9.77 Å². The van der Waals surface area contributed by atoms with Crippen molar-refractivity contribution in [3.05, 3.63) is 38.8 Å². The Balaban J connectivity index is 1.51. The summed E-state index contributed by atoms with van der Waals surface area (Å²) in [6.45, 7) is 3.16. The molecule has 1 aromatic heterocycles. The summed E-state index contributed by atoms with van der Waals surface area (Å²) in [7, 11) is -3.86. The lowest BCUT2D eigenvalue weighted by Crippen LogP contribution is -2.42. The molecule has 4 rings (SSSR count). The summed E-state index contributed by atoms with van der Waals surface area (Å²) in [4.78, 5) is 54.3. The van der Waals surface area contributed by atoms with Crippen LogP contribution in [0.2, 0.25) is 0 Å². The highest BCUT2D eigenvalue weighted by molar-refractivity contribution is 8.00. The summed E-state index contributed by atoms with van der Waals surface area (Å²) in [5.41, 5.74) is -0.445. The second kappa shape index (κ2) is 7.29. The topological polar surface area (TPSA) is 160 Å². The van der Waals surface area contributed by atoms with Crippen LogP contribution in [0.4, 0.5) is 5.69 Å². The van der Waals surface area contributed by atoms with Crippen LogP contribution in [0.25, 0.3) is 0 Å². The average molecular weight is 483 g/mol. The number of nitrogens with one attached hydrogen (secondary N) is 2. The van der Waals surface area contributed by atoms with E-state index in [0.717, 1.165) is 32.9 Å². The molecule has 0 saturated carbocycles. The lowest BCUT2D eigenvalue weighted by molar-refractivity contribution is -0.142. The average Bonchev–Trinajstić information content (AvgIpc) is 3.15. The van der Waals surface area contributed by atoms with Gasteiger partial charge in [-0.2, -0.15) is 0 Å². The number of thioether (sulfide) groups is 1. The third-order valence-corrected chi connectivity index (χ3v) is 8.89. The van der Waals surface area contributed by atoms with Crippen LogP contribution in [0.15, 0.2) is 39.0 Å². The predicted molar refractivity (Wildman–Crippen MR) is 114 cm³/mol. The number of thiazole rings is 1. The Kier molecular flexibility index (Phi) is 5.11. The van der Waals surface area contributed by atoms with E-state index in [1.807, 2.05) is 13.8 Å². The van der Waals surface area contributed by atoms with Crippen LogP contribution in [-0.4, -0.2) is 47.8 Å². The Morgan fingerprint density at radius 2 is 1.84 bits per heavy atom. The maximum Gasteiger partial charge on any atom is 0.305 e. The summed E-state index contributed by atoms with van der Waals surface area (Å²) in [6, 6.07) is 5.20. The largest absolute Gasteiger partial charge is 0.325 e. The Morgan fingerprint density at radius 3 is 2.45 bits per heavy atom. The van der Waals surface area contributed by atoms with Gasteiger partial charge < -0.3 is 10.3 Å². The second-order valence-corrected chi connectivity index (χ2v) is 11.5. The highest BCUT2D eigenvalue weighted by Gasteiger charge is 2.59. The number of rotatable bonds is 4. The fourth-order valence-electron chi connectivity index (χ4n) is 3.82. The molecule has 2 aromatic rings. The third-order valence-electron chi connectivity index (χ3n) is 5.34.